The number of aromatic hydroxyl groups is 1. The van der Waals surface area contributed by atoms with Crippen molar-refractivity contribution in [1.82, 2.24) is 20.2 Å². The first-order chi connectivity index (χ1) is 9.31. The van der Waals surface area contributed by atoms with Crippen molar-refractivity contribution in [2.75, 3.05) is 5.32 Å². The third kappa shape index (κ3) is 2.49. The van der Waals surface area contributed by atoms with E-state index < -0.39 is 0 Å². The molecule has 0 unspecified atom stereocenters. The van der Waals surface area contributed by atoms with Crippen LogP contribution in [0.15, 0.2) is 47.3 Å². The molecule has 94 valence electrons. The van der Waals surface area contributed by atoms with Crippen molar-refractivity contribution >= 4 is 11.7 Å². The van der Waals surface area contributed by atoms with Crippen LogP contribution in [0.2, 0.25) is 0 Å². The fraction of sp³-hybridized carbons (Fsp3) is 0. The van der Waals surface area contributed by atoms with E-state index in [1.165, 1.54) is 6.20 Å². The van der Waals surface area contributed by atoms with E-state index in [0.29, 0.717) is 11.4 Å². The fourth-order valence-corrected chi connectivity index (χ4v) is 1.49. The predicted octanol–water partition coefficient (Wildman–Crippen LogP) is 1.98. The van der Waals surface area contributed by atoms with Crippen LogP contribution >= 0.6 is 0 Å². The summed E-state index contributed by atoms with van der Waals surface area (Å²) in [7, 11) is 0. The number of aromatic nitrogens is 4. The Morgan fingerprint density at radius 1 is 1.16 bits per heavy atom. The molecule has 0 saturated carbocycles. The maximum atomic E-state index is 9.35. The molecule has 0 aliphatic carbocycles. The Morgan fingerprint density at radius 3 is 2.89 bits per heavy atom. The molecule has 1 aromatic carbocycles. The zero-order valence-electron chi connectivity index (χ0n) is 9.69. The standard InChI is InChI=1S/C12H9N5O2/c18-9-3-1-2-8(6-9)15-12-17-16-11(19-12)10-7-13-4-5-14-10/h1-7,18H,(H,15,17). The van der Waals surface area contributed by atoms with Gasteiger partial charge in [-0.25, -0.2) is 4.98 Å². The second kappa shape index (κ2) is 4.73. The lowest BCUT2D eigenvalue weighted by Crippen LogP contribution is -1.89. The van der Waals surface area contributed by atoms with Gasteiger partial charge in [0, 0.05) is 24.1 Å². The maximum absolute atomic E-state index is 9.35. The van der Waals surface area contributed by atoms with Crippen LogP contribution in [0.5, 0.6) is 5.75 Å². The highest BCUT2D eigenvalue weighted by Gasteiger charge is 2.09. The quantitative estimate of drug-likeness (QED) is 0.738. The normalized spacial score (nSPS) is 10.3. The lowest BCUT2D eigenvalue weighted by Gasteiger charge is -2.00. The van der Waals surface area contributed by atoms with Gasteiger partial charge in [-0.15, -0.1) is 5.10 Å². The van der Waals surface area contributed by atoms with Crippen molar-refractivity contribution < 1.29 is 9.52 Å². The van der Waals surface area contributed by atoms with Crippen LogP contribution in [0.25, 0.3) is 11.6 Å². The molecule has 3 rings (SSSR count). The Kier molecular flexibility index (Phi) is 2.77. The van der Waals surface area contributed by atoms with Gasteiger partial charge in [-0.3, -0.25) is 4.98 Å². The number of nitrogens with zero attached hydrogens (tertiary/aromatic N) is 4. The average molecular weight is 255 g/mol. The van der Waals surface area contributed by atoms with Crippen LogP contribution in [0, 0.1) is 0 Å². The SMILES string of the molecule is Oc1cccc(Nc2nnc(-c3cnccn3)o2)c1. The maximum Gasteiger partial charge on any atom is 0.320 e. The number of hydrogen-bond donors (Lipinski definition) is 2. The van der Waals surface area contributed by atoms with Gasteiger partial charge in [-0.05, 0) is 12.1 Å². The van der Waals surface area contributed by atoms with Crippen molar-refractivity contribution in [1.29, 1.82) is 0 Å². The molecule has 3 aromatic rings. The first-order valence-electron chi connectivity index (χ1n) is 5.47. The van der Waals surface area contributed by atoms with Crippen molar-refractivity contribution in [3.63, 3.8) is 0 Å². The van der Waals surface area contributed by atoms with E-state index in [0.717, 1.165) is 0 Å². The number of hydrogen-bond acceptors (Lipinski definition) is 7. The fourth-order valence-electron chi connectivity index (χ4n) is 1.49. The molecule has 7 heteroatoms. The molecule has 0 saturated heterocycles. The van der Waals surface area contributed by atoms with E-state index in [9.17, 15) is 5.11 Å². The highest BCUT2D eigenvalue weighted by molar-refractivity contribution is 5.55. The Labute approximate surface area is 108 Å². The van der Waals surface area contributed by atoms with Gasteiger partial charge in [-0.2, -0.15) is 0 Å². The van der Waals surface area contributed by atoms with Gasteiger partial charge in [-0.1, -0.05) is 11.2 Å². The summed E-state index contributed by atoms with van der Waals surface area (Å²) in [5.41, 5.74) is 1.15. The first kappa shape index (κ1) is 11.1. The molecular formula is C12H9N5O2. The number of rotatable bonds is 3. The van der Waals surface area contributed by atoms with E-state index in [2.05, 4.69) is 25.5 Å². The smallest absolute Gasteiger partial charge is 0.320 e. The molecule has 0 atom stereocenters. The largest absolute Gasteiger partial charge is 0.508 e. The van der Waals surface area contributed by atoms with Crippen molar-refractivity contribution in [2.24, 2.45) is 0 Å². The molecule has 2 heterocycles. The van der Waals surface area contributed by atoms with E-state index in [4.69, 9.17) is 4.42 Å². The number of benzene rings is 1. The minimum atomic E-state index is 0.152. The summed E-state index contributed by atoms with van der Waals surface area (Å²) in [6.07, 6.45) is 4.64. The summed E-state index contributed by atoms with van der Waals surface area (Å²) in [4.78, 5) is 7.98. The molecular weight excluding hydrogens is 246 g/mol. The first-order valence-corrected chi connectivity index (χ1v) is 5.47. The molecule has 2 aromatic heterocycles. The third-order valence-corrected chi connectivity index (χ3v) is 2.30. The Morgan fingerprint density at radius 2 is 2.11 bits per heavy atom. The van der Waals surface area contributed by atoms with E-state index in [1.54, 1.807) is 36.7 Å². The zero-order chi connectivity index (χ0) is 13.1. The van der Waals surface area contributed by atoms with Gasteiger partial charge in [0.2, 0.25) is 0 Å². The summed E-state index contributed by atoms with van der Waals surface area (Å²) < 4.78 is 5.40. The second-order valence-corrected chi connectivity index (χ2v) is 3.68. The molecule has 2 N–H and O–H groups in total. The van der Waals surface area contributed by atoms with Gasteiger partial charge in [0.05, 0.1) is 6.20 Å². The summed E-state index contributed by atoms with van der Waals surface area (Å²) >= 11 is 0. The lowest BCUT2D eigenvalue weighted by atomic mass is 10.3. The van der Waals surface area contributed by atoms with Gasteiger partial charge < -0.3 is 14.8 Å². The minimum Gasteiger partial charge on any atom is -0.508 e. The molecule has 0 aliphatic rings. The molecule has 0 amide bonds. The summed E-state index contributed by atoms with van der Waals surface area (Å²) in [6, 6.07) is 6.81. The van der Waals surface area contributed by atoms with Crippen LogP contribution in [0.4, 0.5) is 11.7 Å². The summed E-state index contributed by atoms with van der Waals surface area (Å²) in [6.45, 7) is 0. The van der Waals surface area contributed by atoms with Gasteiger partial charge in [0.15, 0.2) is 0 Å². The number of nitrogens with one attached hydrogen (secondary N) is 1. The van der Waals surface area contributed by atoms with E-state index >= 15 is 0 Å². The van der Waals surface area contributed by atoms with Gasteiger partial charge in [0.1, 0.15) is 11.4 Å². The summed E-state index contributed by atoms with van der Waals surface area (Å²) in [5.74, 6) is 0.425. The molecule has 0 spiro atoms. The Bertz CT molecular complexity index is 683. The van der Waals surface area contributed by atoms with Crippen LogP contribution in [0.1, 0.15) is 0 Å². The van der Waals surface area contributed by atoms with Crippen molar-refractivity contribution in [3.05, 3.63) is 42.9 Å². The second-order valence-electron chi connectivity index (χ2n) is 3.68. The summed E-state index contributed by atoms with van der Waals surface area (Å²) in [5, 5.41) is 19.9. The van der Waals surface area contributed by atoms with Crippen LogP contribution in [-0.4, -0.2) is 25.3 Å². The van der Waals surface area contributed by atoms with Crippen LogP contribution in [-0.2, 0) is 0 Å². The minimum absolute atomic E-state index is 0.152. The zero-order valence-corrected chi connectivity index (χ0v) is 9.69. The number of anilines is 2. The third-order valence-electron chi connectivity index (χ3n) is 2.30. The Hall–Kier alpha value is -2.96. The molecule has 0 bridgehead atoms. The van der Waals surface area contributed by atoms with Crippen LogP contribution < -0.4 is 5.32 Å². The highest BCUT2D eigenvalue weighted by atomic mass is 16.4. The number of phenols is 1. The molecule has 7 nitrogen and oxygen atoms in total. The predicted molar refractivity (Wildman–Crippen MR) is 66.7 cm³/mol. The Balaban J connectivity index is 1.82. The number of phenolic OH excluding ortho intramolecular Hbond substituents is 1. The van der Waals surface area contributed by atoms with Gasteiger partial charge >= 0.3 is 6.01 Å². The molecule has 0 radical (unpaired) electrons. The topological polar surface area (TPSA) is 97.0 Å². The lowest BCUT2D eigenvalue weighted by molar-refractivity contribution is 0.475. The molecule has 0 aliphatic heterocycles. The highest BCUT2D eigenvalue weighted by Crippen LogP contribution is 2.22. The monoisotopic (exact) mass is 255 g/mol. The van der Waals surface area contributed by atoms with Crippen molar-refractivity contribution in [3.8, 4) is 17.3 Å². The van der Waals surface area contributed by atoms with Crippen LogP contribution in [0.3, 0.4) is 0 Å². The average Bonchev–Trinajstić information content (AvgIpc) is 2.88. The van der Waals surface area contributed by atoms with E-state index in [1.807, 2.05) is 0 Å². The van der Waals surface area contributed by atoms with Crippen molar-refractivity contribution in [2.45, 2.75) is 0 Å². The molecule has 19 heavy (non-hydrogen) atoms. The van der Waals surface area contributed by atoms with Gasteiger partial charge in [0.25, 0.3) is 5.89 Å². The van der Waals surface area contributed by atoms with E-state index in [-0.39, 0.29) is 17.7 Å². The molecule has 0 fully saturated rings.